The van der Waals surface area contributed by atoms with Gasteiger partial charge in [-0.15, -0.1) is 0 Å². The molecule has 0 saturated heterocycles. The molecular weight excluding hydrogens is 216 g/mol. The lowest BCUT2D eigenvalue weighted by Gasteiger charge is -2.10. The van der Waals surface area contributed by atoms with Crippen molar-refractivity contribution in [2.45, 2.75) is 13.0 Å². The largest absolute Gasteiger partial charge is 0.372 e. The van der Waals surface area contributed by atoms with E-state index in [1.807, 2.05) is 30.3 Å². The maximum absolute atomic E-state index is 11.6. The Morgan fingerprint density at radius 2 is 2.24 bits per heavy atom. The summed E-state index contributed by atoms with van der Waals surface area (Å²) in [6.07, 6.45) is 1.28. The molecule has 0 saturated carbocycles. The van der Waals surface area contributed by atoms with Gasteiger partial charge in [-0.2, -0.15) is 0 Å². The molecule has 2 aromatic rings. The van der Waals surface area contributed by atoms with E-state index in [1.54, 1.807) is 13.1 Å². The van der Waals surface area contributed by atoms with Crippen molar-refractivity contribution in [1.29, 1.82) is 0 Å². The summed E-state index contributed by atoms with van der Waals surface area (Å²) < 4.78 is 4.95. The summed E-state index contributed by atoms with van der Waals surface area (Å²) >= 11 is 0. The number of benzene rings is 1. The Bertz CT molecular complexity index is 540. The highest BCUT2D eigenvalue weighted by Crippen LogP contribution is 2.17. The molecule has 0 aliphatic heterocycles. The lowest BCUT2D eigenvalue weighted by molar-refractivity contribution is -0.124. The number of anilines is 1. The Kier molecular flexibility index (Phi) is 3.35. The van der Waals surface area contributed by atoms with Gasteiger partial charge in [-0.1, -0.05) is 6.07 Å². The molecule has 1 heterocycles. The Balaban J connectivity index is 2.22. The number of aromatic nitrogens is 1. The van der Waals surface area contributed by atoms with Crippen molar-refractivity contribution < 1.29 is 9.53 Å². The van der Waals surface area contributed by atoms with Crippen molar-refractivity contribution in [2.24, 2.45) is 0 Å². The van der Waals surface area contributed by atoms with E-state index in [4.69, 9.17) is 4.74 Å². The van der Waals surface area contributed by atoms with Crippen LogP contribution < -0.4 is 5.32 Å². The second kappa shape index (κ2) is 4.93. The molecule has 1 atom stereocenters. The molecule has 1 aromatic heterocycles. The van der Waals surface area contributed by atoms with Gasteiger partial charge in [0.1, 0.15) is 6.10 Å². The standard InChI is InChI=1S/C13H14N2O2/c1-9(17-2)13(16)15-11-5-6-12-10(8-11)4-3-7-14-12/h3-9H,1-2H3,(H,15,16). The molecule has 0 aliphatic rings. The van der Waals surface area contributed by atoms with E-state index in [2.05, 4.69) is 10.3 Å². The fraction of sp³-hybridized carbons (Fsp3) is 0.231. The van der Waals surface area contributed by atoms with Crippen molar-refractivity contribution in [1.82, 2.24) is 4.98 Å². The van der Waals surface area contributed by atoms with Crippen LogP contribution in [0.1, 0.15) is 6.92 Å². The lowest BCUT2D eigenvalue weighted by Crippen LogP contribution is -2.26. The zero-order valence-corrected chi connectivity index (χ0v) is 9.81. The van der Waals surface area contributed by atoms with Gasteiger partial charge in [0.05, 0.1) is 5.52 Å². The van der Waals surface area contributed by atoms with Crippen molar-refractivity contribution >= 4 is 22.5 Å². The van der Waals surface area contributed by atoms with Crippen LogP contribution in [0.4, 0.5) is 5.69 Å². The maximum atomic E-state index is 11.6. The van der Waals surface area contributed by atoms with Crippen LogP contribution in [0.25, 0.3) is 10.9 Å². The van der Waals surface area contributed by atoms with E-state index in [9.17, 15) is 4.79 Å². The predicted octanol–water partition coefficient (Wildman–Crippen LogP) is 2.21. The van der Waals surface area contributed by atoms with Crippen molar-refractivity contribution in [3.05, 3.63) is 36.5 Å². The molecule has 0 fully saturated rings. The zero-order valence-electron chi connectivity index (χ0n) is 9.81. The first kappa shape index (κ1) is 11.5. The summed E-state index contributed by atoms with van der Waals surface area (Å²) in [7, 11) is 1.51. The number of hydrogen-bond acceptors (Lipinski definition) is 3. The Hall–Kier alpha value is -1.94. The van der Waals surface area contributed by atoms with Crippen LogP contribution in [0.2, 0.25) is 0 Å². The normalized spacial score (nSPS) is 12.4. The van der Waals surface area contributed by atoms with E-state index in [-0.39, 0.29) is 5.91 Å². The molecule has 0 bridgehead atoms. The number of nitrogens with zero attached hydrogens (tertiary/aromatic N) is 1. The third-order valence-corrected chi connectivity index (χ3v) is 2.59. The molecule has 17 heavy (non-hydrogen) atoms. The fourth-order valence-corrected chi connectivity index (χ4v) is 1.50. The molecule has 0 spiro atoms. The molecule has 2 rings (SSSR count). The van der Waals surface area contributed by atoms with Crippen LogP contribution in [0.15, 0.2) is 36.5 Å². The number of fused-ring (bicyclic) bond motifs is 1. The van der Waals surface area contributed by atoms with E-state index < -0.39 is 6.10 Å². The van der Waals surface area contributed by atoms with Gasteiger partial charge in [0, 0.05) is 24.4 Å². The van der Waals surface area contributed by atoms with E-state index >= 15 is 0 Å². The summed E-state index contributed by atoms with van der Waals surface area (Å²) in [5, 5.41) is 3.79. The summed E-state index contributed by atoms with van der Waals surface area (Å²) in [5.41, 5.74) is 1.66. The third kappa shape index (κ3) is 2.60. The van der Waals surface area contributed by atoms with Crippen LogP contribution >= 0.6 is 0 Å². The topological polar surface area (TPSA) is 51.2 Å². The highest BCUT2D eigenvalue weighted by atomic mass is 16.5. The average Bonchev–Trinajstić information content (AvgIpc) is 2.37. The number of ether oxygens (including phenoxy) is 1. The van der Waals surface area contributed by atoms with Crippen molar-refractivity contribution in [2.75, 3.05) is 12.4 Å². The highest BCUT2D eigenvalue weighted by molar-refractivity contribution is 5.96. The molecule has 88 valence electrons. The smallest absolute Gasteiger partial charge is 0.253 e. The molecule has 4 heteroatoms. The van der Waals surface area contributed by atoms with Crippen LogP contribution in [0.5, 0.6) is 0 Å². The van der Waals surface area contributed by atoms with E-state index in [0.717, 1.165) is 16.6 Å². The number of carbonyl (C=O) groups excluding carboxylic acids is 1. The number of methoxy groups -OCH3 is 1. The molecule has 1 N–H and O–H groups in total. The van der Waals surface area contributed by atoms with Gasteiger partial charge in [-0.3, -0.25) is 9.78 Å². The summed E-state index contributed by atoms with van der Waals surface area (Å²) in [4.78, 5) is 15.8. The lowest BCUT2D eigenvalue weighted by atomic mass is 10.2. The fourth-order valence-electron chi connectivity index (χ4n) is 1.50. The first-order valence-corrected chi connectivity index (χ1v) is 5.39. The van der Waals surface area contributed by atoms with Gasteiger partial charge >= 0.3 is 0 Å². The number of amides is 1. The summed E-state index contributed by atoms with van der Waals surface area (Å²) in [6, 6.07) is 9.42. The van der Waals surface area contributed by atoms with Crippen molar-refractivity contribution in [3.63, 3.8) is 0 Å². The van der Waals surface area contributed by atoms with Crippen LogP contribution in [0.3, 0.4) is 0 Å². The predicted molar refractivity (Wildman–Crippen MR) is 66.8 cm³/mol. The summed E-state index contributed by atoms with van der Waals surface area (Å²) in [5.74, 6) is -0.157. The molecule has 1 aromatic carbocycles. The van der Waals surface area contributed by atoms with Gasteiger partial charge in [0.15, 0.2) is 0 Å². The number of rotatable bonds is 3. The average molecular weight is 230 g/mol. The van der Waals surface area contributed by atoms with Gasteiger partial charge in [0.25, 0.3) is 5.91 Å². The highest BCUT2D eigenvalue weighted by Gasteiger charge is 2.11. The molecule has 1 amide bonds. The number of nitrogens with one attached hydrogen (secondary N) is 1. The van der Waals surface area contributed by atoms with Gasteiger partial charge in [0.2, 0.25) is 0 Å². The van der Waals surface area contributed by atoms with E-state index in [0.29, 0.717) is 0 Å². The number of hydrogen-bond donors (Lipinski definition) is 1. The number of carbonyl (C=O) groups is 1. The van der Waals surface area contributed by atoms with Gasteiger partial charge < -0.3 is 10.1 Å². The van der Waals surface area contributed by atoms with Gasteiger partial charge in [-0.05, 0) is 31.2 Å². The molecule has 0 aliphatic carbocycles. The minimum absolute atomic E-state index is 0.157. The SMILES string of the molecule is COC(C)C(=O)Nc1ccc2ncccc2c1. The Labute approximate surface area is 99.6 Å². The van der Waals surface area contributed by atoms with Crippen LogP contribution in [-0.2, 0) is 9.53 Å². The zero-order chi connectivity index (χ0) is 12.3. The molecular formula is C13H14N2O2. The monoisotopic (exact) mass is 230 g/mol. The van der Waals surface area contributed by atoms with Crippen molar-refractivity contribution in [3.8, 4) is 0 Å². The van der Waals surface area contributed by atoms with E-state index in [1.165, 1.54) is 7.11 Å². The first-order chi connectivity index (χ1) is 8.20. The Morgan fingerprint density at radius 1 is 1.41 bits per heavy atom. The Morgan fingerprint density at radius 3 is 3.00 bits per heavy atom. The second-order valence-electron chi connectivity index (χ2n) is 3.78. The molecule has 4 nitrogen and oxygen atoms in total. The molecule has 0 radical (unpaired) electrons. The first-order valence-electron chi connectivity index (χ1n) is 5.39. The third-order valence-electron chi connectivity index (χ3n) is 2.59. The maximum Gasteiger partial charge on any atom is 0.253 e. The number of pyridine rings is 1. The second-order valence-corrected chi connectivity index (χ2v) is 3.78. The minimum atomic E-state index is -0.459. The molecule has 1 unspecified atom stereocenters. The minimum Gasteiger partial charge on any atom is -0.372 e. The quantitative estimate of drug-likeness (QED) is 0.879. The van der Waals surface area contributed by atoms with Crippen LogP contribution in [-0.4, -0.2) is 24.1 Å². The van der Waals surface area contributed by atoms with Gasteiger partial charge in [-0.25, -0.2) is 0 Å². The summed E-state index contributed by atoms with van der Waals surface area (Å²) in [6.45, 7) is 1.71. The van der Waals surface area contributed by atoms with Crippen LogP contribution in [0, 0.1) is 0 Å².